The first-order valence-electron chi connectivity index (χ1n) is 6.02. The maximum Gasteiger partial charge on any atom is 0.109 e. The SMILES string of the molecule is CCn1ncc(Cl)c1C(C)(O)Cc1ccccc1. The minimum Gasteiger partial charge on any atom is -0.383 e. The maximum atomic E-state index is 10.7. The van der Waals surface area contributed by atoms with Crippen molar-refractivity contribution < 1.29 is 5.11 Å². The van der Waals surface area contributed by atoms with Crippen LogP contribution in [0.15, 0.2) is 36.5 Å². The van der Waals surface area contributed by atoms with Crippen molar-refractivity contribution in [3.8, 4) is 0 Å². The van der Waals surface area contributed by atoms with Crippen molar-refractivity contribution in [2.24, 2.45) is 0 Å². The Bertz CT molecular complexity index is 520. The Morgan fingerprint density at radius 2 is 2.00 bits per heavy atom. The molecule has 1 atom stereocenters. The van der Waals surface area contributed by atoms with Crippen LogP contribution in [0.25, 0.3) is 0 Å². The third-order valence-electron chi connectivity index (χ3n) is 3.00. The second-order valence-corrected chi connectivity index (χ2v) is 5.00. The molecular weight excluding hydrogens is 248 g/mol. The number of aliphatic hydroxyl groups is 1. The van der Waals surface area contributed by atoms with Crippen LogP contribution in [0, 0.1) is 0 Å². The number of aryl methyl sites for hydroxylation is 1. The van der Waals surface area contributed by atoms with Gasteiger partial charge in [0.2, 0.25) is 0 Å². The average molecular weight is 265 g/mol. The Morgan fingerprint density at radius 1 is 1.33 bits per heavy atom. The van der Waals surface area contributed by atoms with Crippen LogP contribution < -0.4 is 0 Å². The molecule has 0 aliphatic carbocycles. The van der Waals surface area contributed by atoms with E-state index in [4.69, 9.17) is 11.6 Å². The summed E-state index contributed by atoms with van der Waals surface area (Å²) in [4.78, 5) is 0. The molecule has 0 fully saturated rings. The Morgan fingerprint density at radius 3 is 2.61 bits per heavy atom. The molecule has 1 aromatic carbocycles. The summed E-state index contributed by atoms with van der Waals surface area (Å²) in [6.07, 6.45) is 2.10. The van der Waals surface area contributed by atoms with Crippen molar-refractivity contribution in [1.29, 1.82) is 0 Å². The molecule has 0 saturated carbocycles. The lowest BCUT2D eigenvalue weighted by atomic mass is 9.93. The van der Waals surface area contributed by atoms with Gasteiger partial charge in [0.25, 0.3) is 0 Å². The zero-order chi connectivity index (χ0) is 13.2. The predicted molar refractivity (Wildman–Crippen MR) is 72.6 cm³/mol. The van der Waals surface area contributed by atoms with Crippen LogP contribution in [0.5, 0.6) is 0 Å². The van der Waals surface area contributed by atoms with Crippen LogP contribution in [0.1, 0.15) is 25.1 Å². The fourth-order valence-corrected chi connectivity index (χ4v) is 2.56. The van der Waals surface area contributed by atoms with Gasteiger partial charge in [-0.25, -0.2) is 0 Å². The molecule has 3 nitrogen and oxygen atoms in total. The molecule has 2 rings (SSSR count). The van der Waals surface area contributed by atoms with E-state index < -0.39 is 5.60 Å². The lowest BCUT2D eigenvalue weighted by Gasteiger charge is -2.25. The molecule has 0 radical (unpaired) electrons. The number of halogens is 1. The zero-order valence-corrected chi connectivity index (χ0v) is 11.4. The van der Waals surface area contributed by atoms with E-state index in [9.17, 15) is 5.11 Å². The summed E-state index contributed by atoms with van der Waals surface area (Å²) >= 11 is 6.13. The monoisotopic (exact) mass is 264 g/mol. The minimum atomic E-state index is -1.02. The van der Waals surface area contributed by atoms with Crippen LogP contribution in [0.3, 0.4) is 0 Å². The number of rotatable bonds is 4. The molecule has 0 aliphatic heterocycles. The Hall–Kier alpha value is -1.32. The molecule has 0 bridgehead atoms. The minimum absolute atomic E-state index is 0.512. The molecule has 1 unspecified atom stereocenters. The van der Waals surface area contributed by atoms with Gasteiger partial charge in [-0.1, -0.05) is 41.9 Å². The number of aromatic nitrogens is 2. The van der Waals surface area contributed by atoms with E-state index in [0.717, 1.165) is 5.56 Å². The van der Waals surface area contributed by atoms with E-state index in [1.165, 1.54) is 0 Å². The quantitative estimate of drug-likeness (QED) is 0.922. The summed E-state index contributed by atoms with van der Waals surface area (Å²) in [5, 5.41) is 15.4. The van der Waals surface area contributed by atoms with Gasteiger partial charge < -0.3 is 5.11 Å². The molecule has 0 spiro atoms. The Labute approximate surface area is 112 Å². The standard InChI is InChI=1S/C14H17ClN2O/c1-3-17-13(12(15)10-16-17)14(2,18)9-11-7-5-4-6-8-11/h4-8,10,18H,3,9H2,1-2H3. The van der Waals surface area contributed by atoms with E-state index >= 15 is 0 Å². The topological polar surface area (TPSA) is 38.0 Å². The molecule has 1 N–H and O–H groups in total. The van der Waals surface area contributed by atoms with Crippen LogP contribution in [-0.2, 0) is 18.6 Å². The first kappa shape index (κ1) is 13.1. The largest absolute Gasteiger partial charge is 0.383 e. The molecule has 0 saturated heterocycles. The van der Waals surface area contributed by atoms with Gasteiger partial charge in [0, 0.05) is 13.0 Å². The Balaban J connectivity index is 2.33. The second-order valence-electron chi connectivity index (χ2n) is 4.59. The highest BCUT2D eigenvalue weighted by molar-refractivity contribution is 6.31. The van der Waals surface area contributed by atoms with Gasteiger partial charge in [-0.2, -0.15) is 5.10 Å². The molecule has 96 valence electrons. The molecular formula is C14H17ClN2O. The van der Waals surface area contributed by atoms with Crippen molar-refractivity contribution in [2.45, 2.75) is 32.4 Å². The van der Waals surface area contributed by atoms with E-state index in [0.29, 0.717) is 23.7 Å². The van der Waals surface area contributed by atoms with Gasteiger partial charge >= 0.3 is 0 Å². The summed E-state index contributed by atoms with van der Waals surface area (Å²) in [6, 6.07) is 9.87. The maximum absolute atomic E-state index is 10.7. The lowest BCUT2D eigenvalue weighted by molar-refractivity contribution is 0.0481. The lowest BCUT2D eigenvalue weighted by Crippen LogP contribution is -2.28. The predicted octanol–water partition coefficient (Wildman–Crippen LogP) is 3.01. The average Bonchev–Trinajstić information content (AvgIpc) is 2.72. The van der Waals surface area contributed by atoms with Gasteiger partial charge in [-0.3, -0.25) is 4.68 Å². The fourth-order valence-electron chi connectivity index (χ4n) is 2.21. The van der Waals surface area contributed by atoms with Crippen LogP contribution in [0.2, 0.25) is 5.02 Å². The number of nitrogens with zero attached hydrogens (tertiary/aromatic N) is 2. The molecule has 0 aliphatic rings. The van der Waals surface area contributed by atoms with E-state index in [1.54, 1.807) is 17.8 Å². The third kappa shape index (κ3) is 2.57. The molecule has 4 heteroatoms. The first-order chi connectivity index (χ1) is 8.54. The number of hydrogen-bond acceptors (Lipinski definition) is 2. The normalized spacial score (nSPS) is 14.4. The molecule has 1 aromatic heterocycles. The highest BCUT2D eigenvalue weighted by Crippen LogP contribution is 2.30. The van der Waals surface area contributed by atoms with Crippen molar-refractivity contribution >= 4 is 11.6 Å². The Kier molecular flexibility index (Phi) is 3.73. The highest BCUT2D eigenvalue weighted by atomic mass is 35.5. The number of benzene rings is 1. The van der Waals surface area contributed by atoms with Crippen LogP contribution >= 0.6 is 11.6 Å². The number of hydrogen-bond donors (Lipinski definition) is 1. The summed E-state index contributed by atoms with van der Waals surface area (Å²) in [7, 11) is 0. The fraction of sp³-hybridized carbons (Fsp3) is 0.357. The second kappa shape index (κ2) is 5.12. The van der Waals surface area contributed by atoms with Crippen LogP contribution in [-0.4, -0.2) is 14.9 Å². The molecule has 0 amide bonds. The van der Waals surface area contributed by atoms with Crippen molar-refractivity contribution in [3.63, 3.8) is 0 Å². The zero-order valence-electron chi connectivity index (χ0n) is 10.6. The first-order valence-corrected chi connectivity index (χ1v) is 6.40. The van der Waals surface area contributed by atoms with Crippen molar-refractivity contribution in [1.82, 2.24) is 9.78 Å². The van der Waals surface area contributed by atoms with Gasteiger partial charge in [-0.15, -0.1) is 0 Å². The summed E-state index contributed by atoms with van der Waals surface area (Å²) in [5.41, 5.74) is 0.725. The van der Waals surface area contributed by atoms with E-state index in [2.05, 4.69) is 5.10 Å². The van der Waals surface area contributed by atoms with Gasteiger partial charge in [0.05, 0.1) is 16.9 Å². The van der Waals surface area contributed by atoms with Crippen molar-refractivity contribution in [2.75, 3.05) is 0 Å². The van der Waals surface area contributed by atoms with Gasteiger partial charge in [0.1, 0.15) is 5.60 Å². The smallest absolute Gasteiger partial charge is 0.109 e. The molecule has 18 heavy (non-hydrogen) atoms. The summed E-state index contributed by atoms with van der Waals surface area (Å²) in [5.74, 6) is 0. The third-order valence-corrected chi connectivity index (χ3v) is 3.27. The van der Waals surface area contributed by atoms with Crippen molar-refractivity contribution in [3.05, 3.63) is 52.8 Å². The highest BCUT2D eigenvalue weighted by Gasteiger charge is 2.30. The van der Waals surface area contributed by atoms with E-state index in [-0.39, 0.29) is 0 Å². The van der Waals surface area contributed by atoms with Crippen LogP contribution in [0.4, 0.5) is 0 Å². The molecule has 2 aromatic rings. The van der Waals surface area contributed by atoms with E-state index in [1.807, 2.05) is 37.3 Å². The molecule has 1 heterocycles. The summed E-state index contributed by atoms with van der Waals surface area (Å²) < 4.78 is 1.74. The van der Waals surface area contributed by atoms with Gasteiger partial charge in [-0.05, 0) is 19.4 Å². The summed E-state index contributed by atoms with van der Waals surface area (Å²) in [6.45, 7) is 4.44. The van der Waals surface area contributed by atoms with Gasteiger partial charge in [0.15, 0.2) is 0 Å².